The summed E-state index contributed by atoms with van der Waals surface area (Å²) in [6.45, 7) is 5.25. The highest BCUT2D eigenvalue weighted by molar-refractivity contribution is 5.86. The SMILES string of the molecule is CC(C)Oc1ccc(-c2cccc(NC(=O)OCC34CCC(c5cc(C(C)(F)F)n(C)n5)(CC3)CC4)c2)cc1. The quantitative estimate of drug-likeness (QED) is 0.318. The molecule has 1 N–H and O–H groups in total. The molecule has 0 spiro atoms. The Hall–Kier alpha value is -3.42. The van der Waals surface area contributed by atoms with Gasteiger partial charge in [-0.15, -0.1) is 0 Å². The van der Waals surface area contributed by atoms with Crippen molar-refractivity contribution in [3.05, 3.63) is 66.0 Å². The maximum atomic E-state index is 14.0. The second-order valence-corrected chi connectivity index (χ2v) is 11.7. The van der Waals surface area contributed by atoms with Gasteiger partial charge in [0.1, 0.15) is 11.4 Å². The first-order chi connectivity index (χ1) is 18.5. The van der Waals surface area contributed by atoms with Gasteiger partial charge < -0.3 is 9.47 Å². The number of hydrogen-bond acceptors (Lipinski definition) is 4. The minimum Gasteiger partial charge on any atom is -0.491 e. The van der Waals surface area contributed by atoms with Crippen LogP contribution in [0.15, 0.2) is 54.6 Å². The molecule has 3 aliphatic carbocycles. The van der Waals surface area contributed by atoms with Crippen LogP contribution in [-0.4, -0.2) is 28.6 Å². The maximum Gasteiger partial charge on any atom is 0.411 e. The fraction of sp³-hybridized carbons (Fsp3) is 0.484. The Bertz CT molecular complexity index is 1300. The Kier molecular flexibility index (Phi) is 7.16. The molecule has 0 radical (unpaired) electrons. The second kappa shape index (κ2) is 10.3. The van der Waals surface area contributed by atoms with Gasteiger partial charge in [0.05, 0.1) is 18.4 Å². The molecule has 3 saturated carbocycles. The first-order valence-electron chi connectivity index (χ1n) is 13.7. The zero-order valence-corrected chi connectivity index (χ0v) is 23.1. The molecule has 0 atom stereocenters. The lowest BCUT2D eigenvalue weighted by atomic mass is 9.53. The van der Waals surface area contributed by atoms with Crippen LogP contribution in [0.1, 0.15) is 70.7 Å². The van der Waals surface area contributed by atoms with E-state index in [4.69, 9.17) is 9.47 Å². The highest BCUT2D eigenvalue weighted by Gasteiger charge is 2.51. The first-order valence-corrected chi connectivity index (χ1v) is 13.7. The van der Waals surface area contributed by atoms with Gasteiger partial charge in [-0.25, -0.2) is 4.79 Å². The molecule has 3 aliphatic rings. The van der Waals surface area contributed by atoms with Gasteiger partial charge in [-0.3, -0.25) is 10.00 Å². The van der Waals surface area contributed by atoms with Gasteiger partial charge >= 0.3 is 6.09 Å². The molecule has 1 amide bonds. The molecule has 3 aromatic rings. The minimum atomic E-state index is -2.92. The van der Waals surface area contributed by atoms with E-state index >= 15 is 0 Å². The van der Waals surface area contributed by atoms with Crippen molar-refractivity contribution in [2.75, 3.05) is 11.9 Å². The first kappa shape index (κ1) is 27.2. The molecule has 1 heterocycles. The van der Waals surface area contributed by atoms with Gasteiger partial charge in [-0.2, -0.15) is 13.9 Å². The fourth-order valence-electron chi connectivity index (χ4n) is 6.15. The van der Waals surface area contributed by atoms with Crippen molar-refractivity contribution in [1.29, 1.82) is 0 Å². The molecular weight excluding hydrogens is 500 g/mol. The van der Waals surface area contributed by atoms with Crippen LogP contribution >= 0.6 is 0 Å². The normalized spacial score (nSPS) is 22.6. The van der Waals surface area contributed by atoms with E-state index in [9.17, 15) is 13.6 Å². The number of hydrogen-bond donors (Lipinski definition) is 1. The van der Waals surface area contributed by atoms with Crippen LogP contribution in [0.2, 0.25) is 0 Å². The number of nitrogens with one attached hydrogen (secondary N) is 1. The summed E-state index contributed by atoms with van der Waals surface area (Å²) in [6, 6.07) is 17.1. The molecule has 39 heavy (non-hydrogen) atoms. The topological polar surface area (TPSA) is 65.4 Å². The maximum absolute atomic E-state index is 14.0. The summed E-state index contributed by atoms with van der Waals surface area (Å²) in [4.78, 5) is 12.7. The van der Waals surface area contributed by atoms with Crippen LogP contribution in [-0.2, 0) is 23.1 Å². The molecule has 6 rings (SSSR count). The van der Waals surface area contributed by atoms with E-state index in [1.54, 1.807) is 13.1 Å². The number of aryl methyl sites for hydroxylation is 1. The molecule has 208 valence electrons. The van der Waals surface area contributed by atoms with Gasteiger partial charge in [-0.05, 0) is 93.8 Å². The van der Waals surface area contributed by atoms with E-state index in [1.807, 2.05) is 62.4 Å². The molecule has 0 saturated heterocycles. The fourth-order valence-corrected chi connectivity index (χ4v) is 6.15. The third kappa shape index (κ3) is 5.80. The van der Waals surface area contributed by atoms with Gasteiger partial charge in [0, 0.05) is 30.5 Å². The van der Waals surface area contributed by atoms with Gasteiger partial charge in [0.25, 0.3) is 5.92 Å². The van der Waals surface area contributed by atoms with Crippen molar-refractivity contribution in [2.24, 2.45) is 12.5 Å². The summed E-state index contributed by atoms with van der Waals surface area (Å²) in [5.74, 6) is -2.10. The van der Waals surface area contributed by atoms with Crippen LogP contribution in [0.3, 0.4) is 0 Å². The zero-order valence-electron chi connectivity index (χ0n) is 23.1. The van der Waals surface area contributed by atoms with Crippen molar-refractivity contribution in [1.82, 2.24) is 9.78 Å². The summed E-state index contributed by atoms with van der Waals surface area (Å²) in [7, 11) is 1.59. The largest absolute Gasteiger partial charge is 0.491 e. The molecule has 2 aromatic carbocycles. The number of alkyl halides is 2. The molecular formula is C31H37F2N3O3. The van der Waals surface area contributed by atoms with Crippen molar-refractivity contribution in [3.63, 3.8) is 0 Å². The number of benzene rings is 2. The van der Waals surface area contributed by atoms with E-state index < -0.39 is 12.0 Å². The van der Waals surface area contributed by atoms with Crippen LogP contribution < -0.4 is 10.1 Å². The van der Waals surface area contributed by atoms with Gasteiger partial charge in [-0.1, -0.05) is 24.3 Å². The average molecular weight is 538 g/mol. The Morgan fingerprint density at radius 1 is 1.03 bits per heavy atom. The summed E-state index contributed by atoms with van der Waals surface area (Å²) in [5.41, 5.74) is 3.18. The standard InChI is InChI=1S/C31H37F2N3O3/c1-21(2)39-25-10-8-22(9-11-25)23-6-5-7-24(18-23)34-28(37)38-20-30-12-15-31(16-13-30,17-14-30)26-19-27(29(3,32)33)36(4)35-26/h5-11,18-19,21H,12-17,20H2,1-4H3,(H,34,37). The van der Waals surface area contributed by atoms with Gasteiger partial charge in [0.2, 0.25) is 0 Å². The zero-order chi connectivity index (χ0) is 27.8. The molecule has 1 aromatic heterocycles. The molecule has 0 aliphatic heterocycles. The predicted molar refractivity (Wildman–Crippen MR) is 147 cm³/mol. The average Bonchev–Trinajstić information content (AvgIpc) is 3.32. The van der Waals surface area contributed by atoms with E-state index in [2.05, 4.69) is 10.4 Å². The Morgan fingerprint density at radius 3 is 2.28 bits per heavy atom. The van der Waals surface area contributed by atoms with Crippen LogP contribution in [0.25, 0.3) is 11.1 Å². The number of amides is 1. The monoisotopic (exact) mass is 537 g/mol. The lowest BCUT2D eigenvalue weighted by Gasteiger charge is -2.52. The van der Waals surface area contributed by atoms with Crippen molar-refractivity contribution in [3.8, 4) is 16.9 Å². The number of ether oxygens (including phenoxy) is 2. The number of carbonyl (C=O) groups is 1. The predicted octanol–water partition coefficient (Wildman–Crippen LogP) is 7.83. The summed E-state index contributed by atoms with van der Waals surface area (Å²) in [5, 5.41) is 7.36. The van der Waals surface area contributed by atoms with Crippen LogP contribution in [0, 0.1) is 5.41 Å². The number of fused-ring (bicyclic) bond motifs is 3. The third-order valence-electron chi connectivity index (χ3n) is 8.45. The lowest BCUT2D eigenvalue weighted by Crippen LogP contribution is -2.47. The lowest BCUT2D eigenvalue weighted by molar-refractivity contribution is -0.0128. The number of halogens is 2. The number of nitrogens with zero attached hydrogens (tertiary/aromatic N) is 2. The third-order valence-corrected chi connectivity index (χ3v) is 8.45. The van der Waals surface area contributed by atoms with Crippen molar-refractivity contribution < 1.29 is 23.0 Å². The number of rotatable bonds is 8. The highest BCUT2D eigenvalue weighted by atomic mass is 19.3. The van der Waals surface area contributed by atoms with Crippen LogP contribution in [0.4, 0.5) is 19.3 Å². The molecule has 6 nitrogen and oxygen atoms in total. The Morgan fingerprint density at radius 2 is 1.69 bits per heavy atom. The van der Waals surface area contributed by atoms with E-state index in [-0.39, 0.29) is 22.6 Å². The summed E-state index contributed by atoms with van der Waals surface area (Å²) < 4.78 is 40.7. The van der Waals surface area contributed by atoms with Crippen molar-refractivity contribution in [2.45, 2.75) is 76.7 Å². The molecule has 0 unspecified atom stereocenters. The van der Waals surface area contributed by atoms with E-state index in [0.717, 1.165) is 68.0 Å². The smallest absolute Gasteiger partial charge is 0.411 e. The van der Waals surface area contributed by atoms with Gasteiger partial charge in [0.15, 0.2) is 0 Å². The summed E-state index contributed by atoms with van der Waals surface area (Å²) >= 11 is 0. The van der Waals surface area contributed by atoms with Crippen molar-refractivity contribution >= 4 is 11.8 Å². The Balaban J connectivity index is 1.17. The molecule has 8 heteroatoms. The van der Waals surface area contributed by atoms with E-state index in [1.165, 1.54) is 4.68 Å². The number of aromatic nitrogens is 2. The summed E-state index contributed by atoms with van der Waals surface area (Å²) in [6.07, 6.45) is 4.92. The number of anilines is 1. The second-order valence-electron chi connectivity index (χ2n) is 11.7. The number of carbonyl (C=O) groups excluding carboxylic acids is 1. The molecule has 2 bridgehead atoms. The molecule has 3 fully saturated rings. The van der Waals surface area contributed by atoms with E-state index in [0.29, 0.717) is 12.3 Å². The highest BCUT2D eigenvalue weighted by Crippen LogP contribution is 2.57. The van der Waals surface area contributed by atoms with Crippen LogP contribution in [0.5, 0.6) is 5.75 Å². The minimum absolute atomic E-state index is 0.0458. The Labute approximate surface area is 228 Å².